The third-order valence-electron chi connectivity index (χ3n) is 1.96. The molecular formula is C10H12O2S. The van der Waals surface area contributed by atoms with Crippen LogP contribution in [0.4, 0.5) is 0 Å². The smallest absolute Gasteiger partial charge is 0.310 e. The molecule has 1 aromatic carbocycles. The second kappa shape index (κ2) is 4.33. The zero-order valence-corrected chi connectivity index (χ0v) is 8.47. The molecule has 3 heteroatoms. The maximum atomic E-state index is 10.7. The fourth-order valence-corrected chi connectivity index (χ4v) is 1.52. The van der Waals surface area contributed by atoms with E-state index in [1.807, 2.05) is 30.5 Å². The molecule has 2 nitrogen and oxygen atoms in total. The minimum Gasteiger partial charge on any atom is -0.481 e. The average Bonchev–Trinajstić information content (AvgIpc) is 2.16. The van der Waals surface area contributed by atoms with E-state index in [4.69, 9.17) is 5.11 Å². The van der Waals surface area contributed by atoms with E-state index in [1.54, 1.807) is 18.7 Å². The van der Waals surface area contributed by atoms with Crippen LogP contribution in [0.1, 0.15) is 18.4 Å². The van der Waals surface area contributed by atoms with E-state index in [1.165, 1.54) is 0 Å². The zero-order chi connectivity index (χ0) is 9.84. The van der Waals surface area contributed by atoms with Gasteiger partial charge < -0.3 is 5.11 Å². The lowest BCUT2D eigenvalue weighted by molar-refractivity contribution is -0.138. The first-order chi connectivity index (χ1) is 6.15. The van der Waals surface area contributed by atoms with Crippen LogP contribution in [0.15, 0.2) is 29.2 Å². The maximum Gasteiger partial charge on any atom is 0.310 e. The third-order valence-corrected chi connectivity index (χ3v) is 2.69. The quantitative estimate of drug-likeness (QED) is 0.755. The average molecular weight is 196 g/mol. The Morgan fingerprint density at radius 3 is 2.77 bits per heavy atom. The first-order valence-corrected chi connectivity index (χ1v) is 5.24. The van der Waals surface area contributed by atoms with Gasteiger partial charge in [-0.1, -0.05) is 12.1 Å². The molecule has 0 heterocycles. The Morgan fingerprint density at radius 2 is 2.23 bits per heavy atom. The van der Waals surface area contributed by atoms with Gasteiger partial charge >= 0.3 is 5.97 Å². The number of thioether (sulfide) groups is 1. The number of benzene rings is 1. The Hall–Kier alpha value is -0.960. The minimum absolute atomic E-state index is 0.424. The molecule has 0 fully saturated rings. The molecule has 0 aliphatic heterocycles. The number of rotatable bonds is 3. The molecule has 0 spiro atoms. The van der Waals surface area contributed by atoms with Crippen LogP contribution in [-0.2, 0) is 4.79 Å². The molecule has 0 bridgehead atoms. The van der Waals surface area contributed by atoms with Crippen LogP contribution < -0.4 is 0 Å². The van der Waals surface area contributed by atoms with Crippen LogP contribution in [0.3, 0.4) is 0 Å². The van der Waals surface area contributed by atoms with E-state index in [0.29, 0.717) is 0 Å². The Labute approximate surface area is 82.0 Å². The lowest BCUT2D eigenvalue weighted by Crippen LogP contribution is -2.07. The maximum absolute atomic E-state index is 10.7. The molecule has 0 saturated heterocycles. The summed E-state index contributed by atoms with van der Waals surface area (Å²) in [6, 6.07) is 7.63. The highest BCUT2D eigenvalue weighted by atomic mass is 32.2. The summed E-state index contributed by atoms with van der Waals surface area (Å²) < 4.78 is 0. The molecule has 0 amide bonds. The van der Waals surface area contributed by atoms with Crippen LogP contribution in [0, 0.1) is 0 Å². The topological polar surface area (TPSA) is 37.3 Å². The highest BCUT2D eigenvalue weighted by Gasteiger charge is 2.13. The first kappa shape index (κ1) is 10.1. The summed E-state index contributed by atoms with van der Waals surface area (Å²) >= 11 is 1.62. The molecule has 0 aliphatic rings. The summed E-state index contributed by atoms with van der Waals surface area (Å²) in [5, 5.41) is 8.79. The number of aliphatic carboxylic acids is 1. The van der Waals surface area contributed by atoms with Crippen molar-refractivity contribution in [3.8, 4) is 0 Å². The van der Waals surface area contributed by atoms with Gasteiger partial charge in [0, 0.05) is 4.90 Å². The van der Waals surface area contributed by atoms with E-state index in [0.717, 1.165) is 10.5 Å². The number of hydrogen-bond donors (Lipinski definition) is 1. The summed E-state index contributed by atoms with van der Waals surface area (Å²) in [7, 11) is 0. The molecular weight excluding hydrogens is 184 g/mol. The lowest BCUT2D eigenvalue weighted by Gasteiger charge is -2.07. The van der Waals surface area contributed by atoms with Crippen molar-refractivity contribution in [2.45, 2.75) is 17.7 Å². The van der Waals surface area contributed by atoms with Crippen molar-refractivity contribution in [1.82, 2.24) is 0 Å². The van der Waals surface area contributed by atoms with Gasteiger partial charge in [0.25, 0.3) is 0 Å². The molecule has 0 aliphatic carbocycles. The Morgan fingerprint density at radius 1 is 1.54 bits per heavy atom. The van der Waals surface area contributed by atoms with Crippen LogP contribution in [-0.4, -0.2) is 17.3 Å². The van der Waals surface area contributed by atoms with Crippen LogP contribution in [0.5, 0.6) is 0 Å². The van der Waals surface area contributed by atoms with E-state index in [9.17, 15) is 4.79 Å². The van der Waals surface area contributed by atoms with Gasteiger partial charge in [-0.3, -0.25) is 4.79 Å². The lowest BCUT2D eigenvalue weighted by atomic mass is 10.0. The van der Waals surface area contributed by atoms with Gasteiger partial charge in [-0.25, -0.2) is 0 Å². The van der Waals surface area contributed by atoms with Crippen LogP contribution >= 0.6 is 11.8 Å². The predicted octanol–water partition coefficient (Wildman–Crippen LogP) is 2.60. The van der Waals surface area contributed by atoms with Gasteiger partial charge in [-0.2, -0.15) is 0 Å². The summed E-state index contributed by atoms with van der Waals surface area (Å²) in [5.74, 6) is -1.20. The van der Waals surface area contributed by atoms with Crippen molar-refractivity contribution in [3.63, 3.8) is 0 Å². The second-order valence-electron chi connectivity index (χ2n) is 2.84. The summed E-state index contributed by atoms with van der Waals surface area (Å²) in [4.78, 5) is 11.8. The highest BCUT2D eigenvalue weighted by molar-refractivity contribution is 7.98. The van der Waals surface area contributed by atoms with Gasteiger partial charge in [0.05, 0.1) is 5.92 Å². The molecule has 70 valence electrons. The number of carbonyl (C=O) groups is 1. The standard InChI is InChI=1S/C10H12O2S/c1-7(10(11)12)8-4-3-5-9(6-8)13-2/h3-7H,1-2H3,(H,11,12). The zero-order valence-electron chi connectivity index (χ0n) is 7.65. The van der Waals surface area contributed by atoms with Crippen molar-refractivity contribution >= 4 is 17.7 Å². The van der Waals surface area contributed by atoms with Crippen LogP contribution in [0.25, 0.3) is 0 Å². The molecule has 0 saturated carbocycles. The van der Waals surface area contributed by atoms with Crippen molar-refractivity contribution in [1.29, 1.82) is 0 Å². The Bertz CT molecular complexity index is 310. The van der Waals surface area contributed by atoms with Crippen molar-refractivity contribution in [2.24, 2.45) is 0 Å². The van der Waals surface area contributed by atoms with Gasteiger partial charge in [-0.15, -0.1) is 11.8 Å². The van der Waals surface area contributed by atoms with Gasteiger partial charge in [0.2, 0.25) is 0 Å². The van der Waals surface area contributed by atoms with E-state index in [2.05, 4.69) is 0 Å². The number of carboxylic acids is 1. The predicted molar refractivity (Wildman–Crippen MR) is 54.3 cm³/mol. The minimum atomic E-state index is -0.779. The van der Waals surface area contributed by atoms with Crippen LogP contribution in [0.2, 0.25) is 0 Å². The third kappa shape index (κ3) is 2.49. The second-order valence-corrected chi connectivity index (χ2v) is 3.72. The van der Waals surface area contributed by atoms with Gasteiger partial charge in [-0.05, 0) is 30.9 Å². The highest BCUT2D eigenvalue weighted by Crippen LogP contribution is 2.21. The van der Waals surface area contributed by atoms with E-state index in [-0.39, 0.29) is 0 Å². The number of hydrogen-bond acceptors (Lipinski definition) is 2. The van der Waals surface area contributed by atoms with Gasteiger partial charge in [0.15, 0.2) is 0 Å². The molecule has 1 N–H and O–H groups in total. The summed E-state index contributed by atoms with van der Waals surface area (Å²) in [5.41, 5.74) is 0.861. The fourth-order valence-electron chi connectivity index (χ4n) is 1.05. The van der Waals surface area contributed by atoms with Crippen molar-refractivity contribution in [2.75, 3.05) is 6.26 Å². The first-order valence-electron chi connectivity index (χ1n) is 4.02. The number of carboxylic acid groups (broad SMARTS) is 1. The molecule has 1 aromatic rings. The van der Waals surface area contributed by atoms with Crippen molar-refractivity contribution < 1.29 is 9.90 Å². The summed E-state index contributed by atoms with van der Waals surface area (Å²) in [6.07, 6.45) is 1.98. The molecule has 0 radical (unpaired) electrons. The molecule has 1 atom stereocenters. The fraction of sp³-hybridized carbons (Fsp3) is 0.300. The molecule has 1 rings (SSSR count). The Balaban J connectivity index is 2.94. The summed E-state index contributed by atoms with van der Waals surface area (Å²) in [6.45, 7) is 1.70. The SMILES string of the molecule is CSc1cccc(C(C)C(=O)O)c1. The molecule has 1 unspecified atom stereocenters. The molecule has 0 aromatic heterocycles. The largest absolute Gasteiger partial charge is 0.481 e. The normalized spacial score (nSPS) is 12.5. The van der Waals surface area contributed by atoms with Crippen molar-refractivity contribution in [3.05, 3.63) is 29.8 Å². The monoisotopic (exact) mass is 196 g/mol. The molecule has 13 heavy (non-hydrogen) atoms. The van der Waals surface area contributed by atoms with E-state index < -0.39 is 11.9 Å². The Kier molecular flexibility index (Phi) is 3.37. The van der Waals surface area contributed by atoms with E-state index >= 15 is 0 Å². The van der Waals surface area contributed by atoms with Gasteiger partial charge in [0.1, 0.15) is 0 Å².